The molecule has 15 heavy (non-hydrogen) atoms. The highest BCUT2D eigenvalue weighted by Gasteiger charge is 2.08. The van der Waals surface area contributed by atoms with Gasteiger partial charge in [-0.1, -0.05) is 18.2 Å². The lowest BCUT2D eigenvalue weighted by Crippen LogP contribution is -2.23. The van der Waals surface area contributed by atoms with Crippen LogP contribution in [0.15, 0.2) is 34.8 Å². The van der Waals surface area contributed by atoms with Gasteiger partial charge in [0.25, 0.3) is 5.91 Å². The molecule has 0 saturated heterocycles. The van der Waals surface area contributed by atoms with Crippen LogP contribution in [-0.2, 0) is 0 Å². The molecular formula is C12H14BrNO. The summed E-state index contributed by atoms with van der Waals surface area (Å²) in [5, 5.41) is 2.80. The number of aryl methyl sites for hydroxylation is 1. The van der Waals surface area contributed by atoms with Crippen LogP contribution in [0.3, 0.4) is 0 Å². The number of hydrogen-bond acceptors (Lipinski definition) is 1. The molecule has 1 amide bonds. The van der Waals surface area contributed by atoms with Crippen molar-refractivity contribution in [3.05, 3.63) is 46.0 Å². The van der Waals surface area contributed by atoms with E-state index in [4.69, 9.17) is 0 Å². The molecule has 0 fully saturated rings. The van der Waals surface area contributed by atoms with Crippen molar-refractivity contribution in [2.45, 2.75) is 13.8 Å². The second-order valence-corrected chi connectivity index (χ2v) is 4.12. The number of carbonyl (C=O) groups excluding carboxylic acids is 1. The summed E-state index contributed by atoms with van der Waals surface area (Å²) in [5.74, 6) is -0.0556. The lowest BCUT2D eigenvalue weighted by molar-refractivity contribution is 0.0957. The van der Waals surface area contributed by atoms with Crippen LogP contribution in [0.5, 0.6) is 0 Å². The van der Waals surface area contributed by atoms with Crippen LogP contribution >= 0.6 is 15.9 Å². The SMILES string of the molecule is C/C=C/CNC(=O)c1ccc(C)cc1Br. The molecule has 0 bridgehead atoms. The highest BCUT2D eigenvalue weighted by atomic mass is 79.9. The Hall–Kier alpha value is -1.09. The normalized spacial score (nSPS) is 10.6. The number of rotatable bonds is 3. The minimum Gasteiger partial charge on any atom is -0.349 e. The molecule has 0 aliphatic heterocycles. The van der Waals surface area contributed by atoms with Crippen LogP contribution in [0.4, 0.5) is 0 Å². The van der Waals surface area contributed by atoms with Crippen LogP contribution in [0.1, 0.15) is 22.8 Å². The first kappa shape index (κ1) is 12.0. The lowest BCUT2D eigenvalue weighted by atomic mass is 10.1. The van der Waals surface area contributed by atoms with Gasteiger partial charge in [-0.15, -0.1) is 0 Å². The molecule has 1 rings (SSSR count). The Labute approximate surface area is 98.5 Å². The second kappa shape index (κ2) is 5.71. The Morgan fingerprint density at radius 3 is 2.87 bits per heavy atom. The van der Waals surface area contributed by atoms with Crippen molar-refractivity contribution in [2.24, 2.45) is 0 Å². The summed E-state index contributed by atoms with van der Waals surface area (Å²) in [6.07, 6.45) is 3.81. The van der Waals surface area contributed by atoms with Gasteiger partial charge in [0.1, 0.15) is 0 Å². The fourth-order valence-electron chi connectivity index (χ4n) is 1.17. The highest BCUT2D eigenvalue weighted by molar-refractivity contribution is 9.10. The third-order valence-electron chi connectivity index (χ3n) is 1.99. The molecule has 2 nitrogen and oxygen atoms in total. The van der Waals surface area contributed by atoms with Crippen LogP contribution in [-0.4, -0.2) is 12.5 Å². The molecular weight excluding hydrogens is 254 g/mol. The van der Waals surface area contributed by atoms with Crippen LogP contribution in [0.2, 0.25) is 0 Å². The fraction of sp³-hybridized carbons (Fsp3) is 0.250. The average molecular weight is 268 g/mol. The van der Waals surface area contributed by atoms with E-state index in [9.17, 15) is 4.79 Å². The third-order valence-corrected chi connectivity index (χ3v) is 2.64. The van der Waals surface area contributed by atoms with Gasteiger partial charge < -0.3 is 5.32 Å². The Kier molecular flexibility index (Phi) is 4.56. The first-order chi connectivity index (χ1) is 7.15. The molecule has 0 unspecified atom stereocenters. The first-order valence-electron chi connectivity index (χ1n) is 4.80. The summed E-state index contributed by atoms with van der Waals surface area (Å²) < 4.78 is 0.834. The molecule has 1 aromatic carbocycles. The minimum absolute atomic E-state index is 0.0556. The topological polar surface area (TPSA) is 29.1 Å². The molecule has 0 aliphatic rings. The van der Waals surface area contributed by atoms with E-state index >= 15 is 0 Å². The molecule has 1 N–H and O–H groups in total. The quantitative estimate of drug-likeness (QED) is 0.839. The molecule has 0 radical (unpaired) electrons. The largest absolute Gasteiger partial charge is 0.349 e. The highest BCUT2D eigenvalue weighted by Crippen LogP contribution is 2.17. The van der Waals surface area contributed by atoms with Crippen molar-refractivity contribution in [2.75, 3.05) is 6.54 Å². The third kappa shape index (κ3) is 3.51. The van der Waals surface area contributed by atoms with Crippen molar-refractivity contribution in [3.63, 3.8) is 0 Å². The Morgan fingerprint density at radius 2 is 2.27 bits per heavy atom. The number of benzene rings is 1. The van der Waals surface area contributed by atoms with E-state index in [2.05, 4.69) is 21.2 Å². The van der Waals surface area contributed by atoms with E-state index in [1.807, 2.05) is 44.2 Å². The van der Waals surface area contributed by atoms with Crippen LogP contribution in [0.25, 0.3) is 0 Å². The van der Waals surface area contributed by atoms with Gasteiger partial charge in [-0.25, -0.2) is 0 Å². The predicted molar refractivity (Wildman–Crippen MR) is 66.0 cm³/mol. The van der Waals surface area contributed by atoms with Gasteiger partial charge in [0.15, 0.2) is 0 Å². The number of allylic oxidation sites excluding steroid dienone is 1. The van der Waals surface area contributed by atoms with Crippen molar-refractivity contribution < 1.29 is 4.79 Å². The van der Waals surface area contributed by atoms with Gasteiger partial charge in [0.05, 0.1) is 5.56 Å². The zero-order chi connectivity index (χ0) is 11.3. The zero-order valence-corrected chi connectivity index (χ0v) is 10.5. The maximum absolute atomic E-state index is 11.7. The summed E-state index contributed by atoms with van der Waals surface area (Å²) in [4.78, 5) is 11.7. The standard InChI is InChI=1S/C12H14BrNO/c1-3-4-7-14-12(15)10-6-5-9(2)8-11(10)13/h3-6,8H,7H2,1-2H3,(H,14,15)/b4-3+. The molecule has 0 saturated carbocycles. The van der Waals surface area contributed by atoms with Gasteiger partial charge >= 0.3 is 0 Å². The van der Waals surface area contributed by atoms with E-state index in [0.717, 1.165) is 10.0 Å². The lowest BCUT2D eigenvalue weighted by Gasteiger charge is -2.05. The van der Waals surface area contributed by atoms with Crippen molar-refractivity contribution in [3.8, 4) is 0 Å². The van der Waals surface area contributed by atoms with Gasteiger partial charge in [-0.2, -0.15) is 0 Å². The minimum atomic E-state index is -0.0556. The van der Waals surface area contributed by atoms with Crippen LogP contribution in [0, 0.1) is 6.92 Å². The molecule has 0 aliphatic carbocycles. The number of hydrogen-bond donors (Lipinski definition) is 1. The summed E-state index contributed by atoms with van der Waals surface area (Å²) >= 11 is 3.38. The number of carbonyl (C=O) groups is 1. The smallest absolute Gasteiger partial charge is 0.252 e. The van der Waals surface area contributed by atoms with Gasteiger partial charge in [-0.3, -0.25) is 4.79 Å². The van der Waals surface area contributed by atoms with Gasteiger partial charge in [-0.05, 0) is 47.5 Å². The van der Waals surface area contributed by atoms with Crippen LogP contribution < -0.4 is 5.32 Å². The fourth-order valence-corrected chi connectivity index (χ4v) is 1.84. The number of amides is 1. The summed E-state index contributed by atoms with van der Waals surface area (Å²) in [6.45, 7) is 4.48. The number of nitrogens with one attached hydrogen (secondary N) is 1. The van der Waals surface area contributed by atoms with E-state index in [-0.39, 0.29) is 5.91 Å². The zero-order valence-electron chi connectivity index (χ0n) is 8.88. The summed E-state index contributed by atoms with van der Waals surface area (Å²) in [6, 6.07) is 5.68. The molecule has 0 aromatic heterocycles. The van der Waals surface area contributed by atoms with Crippen molar-refractivity contribution in [1.82, 2.24) is 5.32 Å². The molecule has 0 atom stereocenters. The van der Waals surface area contributed by atoms with E-state index < -0.39 is 0 Å². The maximum Gasteiger partial charge on any atom is 0.252 e. The summed E-state index contributed by atoms with van der Waals surface area (Å²) in [5.41, 5.74) is 1.80. The van der Waals surface area contributed by atoms with E-state index in [1.54, 1.807) is 0 Å². The monoisotopic (exact) mass is 267 g/mol. The van der Waals surface area contributed by atoms with E-state index in [1.165, 1.54) is 0 Å². The Balaban J connectivity index is 2.73. The Morgan fingerprint density at radius 1 is 1.53 bits per heavy atom. The predicted octanol–water partition coefficient (Wildman–Crippen LogP) is 3.06. The van der Waals surface area contributed by atoms with Gasteiger partial charge in [0.2, 0.25) is 0 Å². The molecule has 0 spiro atoms. The number of halogens is 1. The first-order valence-corrected chi connectivity index (χ1v) is 5.60. The van der Waals surface area contributed by atoms with Crippen molar-refractivity contribution >= 4 is 21.8 Å². The van der Waals surface area contributed by atoms with Crippen molar-refractivity contribution in [1.29, 1.82) is 0 Å². The van der Waals surface area contributed by atoms with Gasteiger partial charge in [0, 0.05) is 11.0 Å². The Bertz CT molecular complexity index is 385. The molecule has 1 aromatic rings. The molecule has 0 heterocycles. The maximum atomic E-state index is 11.7. The second-order valence-electron chi connectivity index (χ2n) is 3.26. The molecule has 3 heteroatoms. The summed E-state index contributed by atoms with van der Waals surface area (Å²) in [7, 11) is 0. The van der Waals surface area contributed by atoms with E-state index in [0.29, 0.717) is 12.1 Å². The molecule has 80 valence electrons. The average Bonchev–Trinajstić information content (AvgIpc) is 2.17.